The molecule has 0 bridgehead atoms. The number of nitrogens with one attached hydrogen (secondary N) is 2. The summed E-state index contributed by atoms with van der Waals surface area (Å²) in [7, 11) is 0. The number of esters is 1. The molecule has 3 atom stereocenters. The van der Waals surface area contributed by atoms with Gasteiger partial charge in [0.1, 0.15) is 5.25 Å². The quantitative estimate of drug-likeness (QED) is 0.152. The molecule has 4 aromatic rings. The Morgan fingerprint density at radius 1 is 0.920 bits per heavy atom. The van der Waals surface area contributed by atoms with Gasteiger partial charge in [0, 0.05) is 16.5 Å². The molecule has 0 spiro atoms. The van der Waals surface area contributed by atoms with Crippen LogP contribution in [0, 0.1) is 5.92 Å². The molecular weight excluding hydrogens is 700 g/mol. The molecule has 3 aromatic carbocycles. The molecular formula is C34H28F3N3O8S2. The summed E-state index contributed by atoms with van der Waals surface area (Å²) in [6.07, 6.45) is -4.82. The Labute approximate surface area is 290 Å². The minimum Gasteiger partial charge on any atom is -0.490 e. The largest absolute Gasteiger partial charge is 0.490 e. The number of hydrogen-bond donors (Lipinski definition) is 2. The van der Waals surface area contributed by atoms with Crippen LogP contribution in [0.2, 0.25) is 0 Å². The summed E-state index contributed by atoms with van der Waals surface area (Å²) in [5.74, 6) is -4.30. The van der Waals surface area contributed by atoms with Crippen molar-refractivity contribution in [3.63, 3.8) is 0 Å². The van der Waals surface area contributed by atoms with Crippen LogP contribution in [0.5, 0.6) is 11.5 Å². The fraction of sp³-hybridized carbons (Fsp3) is 0.265. The van der Waals surface area contributed by atoms with Crippen LogP contribution < -0.4 is 24.6 Å². The molecule has 0 aliphatic carbocycles. The summed E-state index contributed by atoms with van der Waals surface area (Å²) in [6.45, 7) is 3.41. The number of para-hydroxylation sites is 1. The summed E-state index contributed by atoms with van der Waals surface area (Å²) < 4.78 is 58.4. The van der Waals surface area contributed by atoms with E-state index in [1.165, 1.54) is 30.3 Å². The lowest BCUT2D eigenvalue weighted by atomic mass is 9.83. The monoisotopic (exact) mass is 727 g/mol. The van der Waals surface area contributed by atoms with E-state index in [9.17, 15) is 37.1 Å². The van der Waals surface area contributed by atoms with Crippen molar-refractivity contribution in [2.24, 2.45) is 5.92 Å². The predicted molar refractivity (Wildman–Crippen MR) is 178 cm³/mol. The minimum absolute atomic E-state index is 0.183. The van der Waals surface area contributed by atoms with Crippen molar-refractivity contribution < 1.29 is 46.6 Å². The molecule has 50 heavy (non-hydrogen) atoms. The number of H-pyrrole nitrogens is 1. The Balaban J connectivity index is 1.27. The molecule has 16 heteroatoms. The van der Waals surface area contributed by atoms with Crippen LogP contribution >= 0.6 is 23.1 Å². The Hall–Kier alpha value is -5.09. The van der Waals surface area contributed by atoms with Crippen LogP contribution in [0.25, 0.3) is 0 Å². The van der Waals surface area contributed by atoms with Crippen molar-refractivity contribution in [3.05, 3.63) is 98.0 Å². The highest BCUT2D eigenvalue weighted by Gasteiger charge is 2.57. The van der Waals surface area contributed by atoms with Crippen molar-refractivity contribution in [1.29, 1.82) is 0 Å². The molecule has 2 aliphatic rings. The van der Waals surface area contributed by atoms with Gasteiger partial charge < -0.3 is 24.5 Å². The Bertz CT molecular complexity index is 2030. The second-order valence-electron chi connectivity index (χ2n) is 11.1. The molecule has 1 saturated heterocycles. The zero-order valence-electron chi connectivity index (χ0n) is 26.4. The van der Waals surface area contributed by atoms with E-state index >= 15 is 0 Å². The van der Waals surface area contributed by atoms with Gasteiger partial charge in [0.25, 0.3) is 5.91 Å². The summed E-state index contributed by atoms with van der Waals surface area (Å²) in [5.41, 5.74) is -0.492. The molecule has 0 radical (unpaired) electrons. The second kappa shape index (κ2) is 14.0. The van der Waals surface area contributed by atoms with Crippen molar-refractivity contribution in [1.82, 2.24) is 4.98 Å². The SMILES string of the molecule is CCOC(=O)c1ccc(NC(=O)COc2ccc(C3c4sc(=O)[nH]c4SC4C(=O)N(c5ccccc5C(F)(F)F)C(=O)C43)cc2OCC)cc1. The number of carbonyl (C=O) groups excluding carboxylic acids is 4. The van der Waals surface area contributed by atoms with Crippen molar-refractivity contribution >= 4 is 58.2 Å². The van der Waals surface area contributed by atoms with Crippen LogP contribution in [0.3, 0.4) is 0 Å². The van der Waals surface area contributed by atoms with Crippen LogP contribution in [0.15, 0.2) is 76.6 Å². The minimum atomic E-state index is -4.82. The van der Waals surface area contributed by atoms with Crippen LogP contribution in [-0.2, 0) is 25.3 Å². The highest BCUT2D eigenvalue weighted by molar-refractivity contribution is 8.00. The molecule has 1 fully saturated rings. The average Bonchev–Trinajstić information content (AvgIpc) is 3.57. The highest BCUT2D eigenvalue weighted by Crippen LogP contribution is 2.54. The number of amides is 3. The van der Waals surface area contributed by atoms with Gasteiger partial charge in [-0.25, -0.2) is 9.69 Å². The molecule has 2 N–H and O–H groups in total. The number of aromatic amines is 1. The number of benzene rings is 3. The van der Waals surface area contributed by atoms with Crippen molar-refractivity contribution in [2.45, 2.75) is 36.2 Å². The fourth-order valence-corrected chi connectivity index (χ4v) is 8.39. The van der Waals surface area contributed by atoms with Gasteiger partial charge in [-0.3, -0.25) is 19.2 Å². The number of imide groups is 1. The number of thioether (sulfide) groups is 1. The van der Waals surface area contributed by atoms with E-state index in [2.05, 4.69) is 10.3 Å². The molecule has 3 unspecified atom stereocenters. The molecule has 3 heterocycles. The molecule has 2 aliphatic heterocycles. The van der Waals surface area contributed by atoms with Gasteiger partial charge in [0.2, 0.25) is 11.8 Å². The Kier molecular flexibility index (Phi) is 9.75. The molecule has 260 valence electrons. The first-order valence-electron chi connectivity index (χ1n) is 15.3. The lowest BCUT2D eigenvalue weighted by molar-refractivity contribution is -0.137. The smallest absolute Gasteiger partial charge is 0.418 e. The fourth-order valence-electron chi connectivity index (χ4n) is 5.87. The third-order valence-corrected chi connectivity index (χ3v) is 10.3. The van der Waals surface area contributed by atoms with Gasteiger partial charge in [-0.05, 0) is 67.9 Å². The van der Waals surface area contributed by atoms with Crippen molar-refractivity contribution in [3.8, 4) is 11.5 Å². The first-order chi connectivity index (χ1) is 23.9. The first kappa shape index (κ1) is 34.8. The zero-order chi connectivity index (χ0) is 35.7. The first-order valence-corrected chi connectivity index (χ1v) is 17.0. The maximum Gasteiger partial charge on any atom is 0.418 e. The van der Waals surface area contributed by atoms with Crippen LogP contribution in [0.4, 0.5) is 24.5 Å². The Morgan fingerprint density at radius 3 is 2.36 bits per heavy atom. The van der Waals surface area contributed by atoms with E-state index < -0.39 is 69.7 Å². The summed E-state index contributed by atoms with van der Waals surface area (Å²) >= 11 is 1.79. The van der Waals surface area contributed by atoms with E-state index in [-0.39, 0.29) is 24.7 Å². The molecule has 3 amide bonds. The van der Waals surface area contributed by atoms with Gasteiger partial charge in [-0.1, -0.05) is 41.3 Å². The summed E-state index contributed by atoms with van der Waals surface area (Å²) in [5, 5.41) is 1.90. The van der Waals surface area contributed by atoms with E-state index in [4.69, 9.17) is 14.2 Å². The normalized spacial score (nSPS) is 18.3. The van der Waals surface area contributed by atoms with E-state index in [1.807, 2.05) is 0 Å². The average molecular weight is 728 g/mol. The number of ether oxygens (including phenoxy) is 3. The molecule has 11 nitrogen and oxygen atoms in total. The number of nitrogens with zero attached hydrogens (tertiary/aromatic N) is 1. The molecule has 1 aromatic heterocycles. The number of fused-ring (bicyclic) bond motifs is 2. The lowest BCUT2D eigenvalue weighted by Gasteiger charge is -2.30. The lowest BCUT2D eigenvalue weighted by Crippen LogP contribution is -2.33. The topological polar surface area (TPSA) is 144 Å². The van der Waals surface area contributed by atoms with E-state index in [0.717, 1.165) is 35.2 Å². The number of anilines is 2. The number of rotatable bonds is 10. The zero-order valence-corrected chi connectivity index (χ0v) is 28.0. The van der Waals surface area contributed by atoms with Gasteiger partial charge in [-0.15, -0.1) is 0 Å². The van der Waals surface area contributed by atoms with E-state index in [1.54, 1.807) is 38.1 Å². The van der Waals surface area contributed by atoms with Gasteiger partial charge in [0.15, 0.2) is 18.1 Å². The van der Waals surface area contributed by atoms with Gasteiger partial charge >= 0.3 is 17.0 Å². The Morgan fingerprint density at radius 2 is 1.66 bits per heavy atom. The van der Waals surface area contributed by atoms with E-state index in [0.29, 0.717) is 31.6 Å². The predicted octanol–water partition coefficient (Wildman–Crippen LogP) is 5.84. The van der Waals surface area contributed by atoms with Gasteiger partial charge in [-0.2, -0.15) is 13.2 Å². The summed E-state index contributed by atoms with van der Waals surface area (Å²) in [4.78, 5) is 68.2. The number of carbonyl (C=O) groups is 4. The maximum absolute atomic E-state index is 14.0. The number of halogens is 3. The highest BCUT2D eigenvalue weighted by atomic mass is 32.2. The van der Waals surface area contributed by atoms with Gasteiger partial charge in [0.05, 0.1) is 41.0 Å². The van der Waals surface area contributed by atoms with Crippen LogP contribution in [0.1, 0.15) is 46.1 Å². The second-order valence-corrected chi connectivity index (χ2v) is 13.2. The summed E-state index contributed by atoms with van der Waals surface area (Å²) in [6, 6.07) is 15.2. The number of alkyl halides is 3. The third kappa shape index (κ3) is 6.72. The van der Waals surface area contributed by atoms with Crippen LogP contribution in [-0.4, -0.2) is 53.7 Å². The molecule has 6 rings (SSSR count). The standard InChI is InChI=1S/C34H28F3N3O8S2/c1-3-46-23-15-18(11-14-22(23)48-16-24(41)38-19-12-9-17(10-13-19)32(44)47-4-2)25-26-28(49-29-27(25)50-33(45)39-29)31(43)40(30(26)42)21-8-6-5-7-20(21)34(35,36)37/h5-15,25-26,28H,3-4,16H2,1-2H3,(H,38,41)(H,39,45). The van der Waals surface area contributed by atoms with Crippen molar-refractivity contribution in [2.75, 3.05) is 30.0 Å². The third-order valence-electron chi connectivity index (χ3n) is 7.94. The maximum atomic E-state index is 14.0. The molecule has 0 saturated carbocycles. The number of hydrogen-bond acceptors (Lipinski definition) is 10. The number of thiazole rings is 1. The number of aromatic nitrogens is 1.